The molecule has 1 aliphatic carbocycles. The molecule has 102 valence electrons. The third-order valence-electron chi connectivity index (χ3n) is 3.35. The number of phenolic OH excluding ortho intramolecular Hbond substituents is 2. The maximum absolute atomic E-state index is 11.8. The fourth-order valence-corrected chi connectivity index (χ4v) is 2.24. The van der Waals surface area contributed by atoms with E-state index in [0.29, 0.717) is 12.1 Å². The Bertz CT molecular complexity index is 494. The van der Waals surface area contributed by atoms with Crippen molar-refractivity contribution in [1.29, 1.82) is 0 Å². The average Bonchev–Trinajstić information content (AvgIpc) is 2.43. The van der Waals surface area contributed by atoms with Crippen LogP contribution in [0.2, 0.25) is 0 Å². The van der Waals surface area contributed by atoms with Crippen molar-refractivity contribution in [2.45, 2.75) is 32.1 Å². The first-order valence-corrected chi connectivity index (χ1v) is 6.65. The summed E-state index contributed by atoms with van der Waals surface area (Å²) in [6.45, 7) is 0.603. The van der Waals surface area contributed by atoms with E-state index >= 15 is 0 Å². The van der Waals surface area contributed by atoms with Crippen LogP contribution in [0.4, 0.5) is 0 Å². The molecule has 1 amide bonds. The summed E-state index contributed by atoms with van der Waals surface area (Å²) >= 11 is 0. The molecule has 0 aliphatic heterocycles. The molecular weight excluding hydrogens is 242 g/mol. The molecule has 0 saturated carbocycles. The van der Waals surface area contributed by atoms with E-state index in [1.165, 1.54) is 36.6 Å². The largest absolute Gasteiger partial charge is 0.504 e. The molecule has 0 heterocycles. The maximum atomic E-state index is 11.8. The van der Waals surface area contributed by atoms with Crippen molar-refractivity contribution in [3.8, 4) is 11.5 Å². The van der Waals surface area contributed by atoms with Crippen LogP contribution in [0.3, 0.4) is 0 Å². The lowest BCUT2D eigenvalue weighted by atomic mass is 9.97. The van der Waals surface area contributed by atoms with Gasteiger partial charge in [0.25, 0.3) is 5.91 Å². The Kier molecular flexibility index (Phi) is 4.44. The van der Waals surface area contributed by atoms with Crippen LogP contribution in [0.1, 0.15) is 42.5 Å². The minimum Gasteiger partial charge on any atom is -0.504 e. The SMILES string of the molecule is O=C(NCCC1=CCCCC1)c1ccc(O)c(O)c1. The van der Waals surface area contributed by atoms with E-state index < -0.39 is 0 Å². The van der Waals surface area contributed by atoms with Gasteiger partial charge in [-0.1, -0.05) is 11.6 Å². The number of nitrogens with one attached hydrogen (secondary N) is 1. The normalized spacial score (nSPS) is 14.8. The smallest absolute Gasteiger partial charge is 0.251 e. The zero-order valence-corrected chi connectivity index (χ0v) is 10.9. The quantitative estimate of drug-likeness (QED) is 0.576. The third kappa shape index (κ3) is 3.74. The van der Waals surface area contributed by atoms with E-state index in [4.69, 9.17) is 0 Å². The van der Waals surface area contributed by atoms with Crippen molar-refractivity contribution >= 4 is 5.91 Å². The number of benzene rings is 1. The predicted octanol–water partition coefficient (Wildman–Crippen LogP) is 2.72. The summed E-state index contributed by atoms with van der Waals surface area (Å²) in [6, 6.07) is 4.07. The summed E-state index contributed by atoms with van der Waals surface area (Å²) in [4.78, 5) is 11.8. The number of hydrogen-bond donors (Lipinski definition) is 3. The van der Waals surface area contributed by atoms with Crippen LogP contribution >= 0.6 is 0 Å². The molecule has 4 nitrogen and oxygen atoms in total. The maximum Gasteiger partial charge on any atom is 0.251 e. The van der Waals surface area contributed by atoms with E-state index in [9.17, 15) is 15.0 Å². The van der Waals surface area contributed by atoms with E-state index in [1.54, 1.807) is 0 Å². The highest BCUT2D eigenvalue weighted by Crippen LogP contribution is 2.24. The van der Waals surface area contributed by atoms with Gasteiger partial charge in [0, 0.05) is 12.1 Å². The number of aromatic hydroxyl groups is 2. The number of phenols is 2. The van der Waals surface area contributed by atoms with Gasteiger partial charge >= 0.3 is 0 Å². The molecule has 0 fully saturated rings. The number of carbonyl (C=O) groups excluding carboxylic acids is 1. The van der Waals surface area contributed by atoms with Crippen LogP contribution in [0, 0.1) is 0 Å². The summed E-state index contributed by atoms with van der Waals surface area (Å²) in [5, 5.41) is 21.3. The monoisotopic (exact) mass is 261 g/mol. The van der Waals surface area contributed by atoms with Crippen LogP contribution in [0.15, 0.2) is 29.8 Å². The Labute approximate surface area is 112 Å². The molecule has 2 rings (SSSR count). The van der Waals surface area contributed by atoms with Crippen molar-refractivity contribution in [2.24, 2.45) is 0 Å². The molecule has 0 unspecified atom stereocenters. The van der Waals surface area contributed by atoms with Gasteiger partial charge in [-0.25, -0.2) is 0 Å². The molecule has 0 bridgehead atoms. The lowest BCUT2D eigenvalue weighted by molar-refractivity contribution is 0.0953. The summed E-state index contributed by atoms with van der Waals surface area (Å²) in [6.07, 6.45) is 7.94. The number of allylic oxidation sites excluding steroid dienone is 1. The van der Waals surface area contributed by atoms with Crippen molar-refractivity contribution in [1.82, 2.24) is 5.32 Å². The molecule has 3 N–H and O–H groups in total. The van der Waals surface area contributed by atoms with Crippen molar-refractivity contribution in [2.75, 3.05) is 6.54 Å². The zero-order valence-electron chi connectivity index (χ0n) is 10.9. The van der Waals surface area contributed by atoms with E-state index in [2.05, 4.69) is 11.4 Å². The third-order valence-corrected chi connectivity index (χ3v) is 3.35. The Morgan fingerprint density at radius 3 is 2.74 bits per heavy atom. The molecule has 0 spiro atoms. The van der Waals surface area contributed by atoms with Gasteiger partial charge in [0.1, 0.15) is 0 Å². The van der Waals surface area contributed by atoms with Gasteiger partial charge in [-0.2, -0.15) is 0 Å². The zero-order chi connectivity index (χ0) is 13.7. The van der Waals surface area contributed by atoms with E-state index in [-0.39, 0.29) is 17.4 Å². The number of hydrogen-bond acceptors (Lipinski definition) is 3. The Morgan fingerprint density at radius 2 is 2.05 bits per heavy atom. The topological polar surface area (TPSA) is 69.6 Å². The molecule has 0 atom stereocenters. The van der Waals surface area contributed by atoms with Crippen molar-refractivity contribution in [3.05, 3.63) is 35.4 Å². The van der Waals surface area contributed by atoms with Gasteiger partial charge in [-0.05, 0) is 50.3 Å². The minimum absolute atomic E-state index is 0.219. The summed E-state index contributed by atoms with van der Waals surface area (Å²) in [7, 11) is 0. The molecule has 1 aliphatic rings. The van der Waals surface area contributed by atoms with Crippen LogP contribution in [0.25, 0.3) is 0 Å². The van der Waals surface area contributed by atoms with Gasteiger partial charge in [0.05, 0.1) is 0 Å². The Morgan fingerprint density at radius 1 is 1.21 bits per heavy atom. The van der Waals surface area contributed by atoms with Gasteiger partial charge in [-0.15, -0.1) is 0 Å². The van der Waals surface area contributed by atoms with Gasteiger partial charge in [-0.3, -0.25) is 4.79 Å². The standard InChI is InChI=1S/C15H19NO3/c17-13-7-6-12(10-14(13)18)15(19)16-9-8-11-4-2-1-3-5-11/h4,6-7,10,17-18H,1-3,5,8-9H2,(H,16,19). The Hall–Kier alpha value is -1.97. The molecule has 0 radical (unpaired) electrons. The van der Waals surface area contributed by atoms with Gasteiger partial charge < -0.3 is 15.5 Å². The highest BCUT2D eigenvalue weighted by Gasteiger charge is 2.09. The molecule has 4 heteroatoms. The van der Waals surface area contributed by atoms with Crippen LogP contribution < -0.4 is 5.32 Å². The number of carbonyl (C=O) groups is 1. The number of amides is 1. The second-order valence-electron chi connectivity index (χ2n) is 4.82. The lowest BCUT2D eigenvalue weighted by Gasteiger charge is -2.13. The van der Waals surface area contributed by atoms with Gasteiger partial charge in [0.15, 0.2) is 11.5 Å². The first-order chi connectivity index (χ1) is 9.16. The van der Waals surface area contributed by atoms with Crippen LogP contribution in [-0.2, 0) is 0 Å². The first kappa shape index (κ1) is 13.5. The average molecular weight is 261 g/mol. The summed E-state index contributed by atoms with van der Waals surface area (Å²) in [5.74, 6) is -0.724. The lowest BCUT2D eigenvalue weighted by Crippen LogP contribution is -2.24. The highest BCUT2D eigenvalue weighted by atomic mass is 16.3. The van der Waals surface area contributed by atoms with E-state index in [1.807, 2.05) is 0 Å². The molecule has 19 heavy (non-hydrogen) atoms. The Balaban J connectivity index is 1.83. The predicted molar refractivity (Wildman–Crippen MR) is 73.3 cm³/mol. The second-order valence-corrected chi connectivity index (χ2v) is 4.82. The molecule has 1 aromatic carbocycles. The second kappa shape index (κ2) is 6.27. The summed E-state index contributed by atoms with van der Waals surface area (Å²) < 4.78 is 0. The molecule has 0 aromatic heterocycles. The highest BCUT2D eigenvalue weighted by molar-refractivity contribution is 5.94. The fraction of sp³-hybridized carbons (Fsp3) is 0.400. The van der Waals surface area contributed by atoms with Crippen molar-refractivity contribution in [3.63, 3.8) is 0 Å². The molecular formula is C15H19NO3. The first-order valence-electron chi connectivity index (χ1n) is 6.65. The van der Waals surface area contributed by atoms with Crippen LogP contribution in [-0.4, -0.2) is 22.7 Å². The van der Waals surface area contributed by atoms with Crippen molar-refractivity contribution < 1.29 is 15.0 Å². The molecule has 0 saturated heterocycles. The fourth-order valence-electron chi connectivity index (χ4n) is 2.24. The minimum atomic E-state index is -0.275. The van der Waals surface area contributed by atoms with Crippen LogP contribution in [0.5, 0.6) is 11.5 Å². The molecule has 1 aromatic rings. The van der Waals surface area contributed by atoms with E-state index in [0.717, 1.165) is 19.3 Å². The summed E-state index contributed by atoms with van der Waals surface area (Å²) in [5.41, 5.74) is 1.77. The van der Waals surface area contributed by atoms with Gasteiger partial charge in [0.2, 0.25) is 0 Å². The number of rotatable bonds is 4.